The van der Waals surface area contributed by atoms with Gasteiger partial charge < -0.3 is 10.0 Å². The molecule has 1 heterocycles. The van der Waals surface area contributed by atoms with Crippen molar-refractivity contribution in [2.24, 2.45) is 0 Å². The summed E-state index contributed by atoms with van der Waals surface area (Å²) in [5, 5.41) is 8.75. The van der Waals surface area contributed by atoms with E-state index >= 15 is 0 Å². The quantitative estimate of drug-likeness (QED) is 0.802. The highest BCUT2D eigenvalue weighted by atomic mass is 16.4. The summed E-state index contributed by atoms with van der Waals surface area (Å²) in [5.74, 6) is -1.25. The number of likely N-dealkylation sites (N-methyl/N-ethyl adjacent to an activating group) is 1. The van der Waals surface area contributed by atoms with Crippen LogP contribution in [0.2, 0.25) is 0 Å². The van der Waals surface area contributed by atoms with Gasteiger partial charge in [-0.05, 0) is 17.7 Å². The molecule has 0 aliphatic carbocycles. The number of aromatic carboxylic acids is 1. The normalized spacial score (nSPS) is 15.4. The maximum atomic E-state index is 11.6. The number of carbonyl (C=O) groups is 3. The van der Waals surface area contributed by atoms with Gasteiger partial charge in [-0.2, -0.15) is 0 Å². The molecule has 94 valence electrons. The lowest BCUT2D eigenvalue weighted by Gasteiger charge is -2.14. The van der Waals surface area contributed by atoms with Gasteiger partial charge in [-0.25, -0.2) is 9.59 Å². The first-order valence-corrected chi connectivity index (χ1v) is 5.36. The lowest BCUT2D eigenvalue weighted by atomic mass is 10.1. The van der Waals surface area contributed by atoms with E-state index in [2.05, 4.69) is 0 Å². The lowest BCUT2D eigenvalue weighted by molar-refractivity contribution is -0.125. The molecule has 1 aliphatic rings. The number of benzene rings is 1. The van der Waals surface area contributed by atoms with Crippen molar-refractivity contribution in [1.29, 1.82) is 0 Å². The number of imide groups is 1. The van der Waals surface area contributed by atoms with Crippen LogP contribution in [-0.2, 0) is 11.3 Å². The number of nitrogens with zero attached hydrogens (tertiary/aromatic N) is 2. The fourth-order valence-corrected chi connectivity index (χ4v) is 1.76. The molecule has 18 heavy (non-hydrogen) atoms. The Balaban J connectivity index is 2.12. The molecule has 3 amide bonds. The van der Waals surface area contributed by atoms with E-state index in [0.717, 1.165) is 10.5 Å². The summed E-state index contributed by atoms with van der Waals surface area (Å²) in [6.45, 7) is 0.258. The van der Waals surface area contributed by atoms with Gasteiger partial charge in [0.2, 0.25) is 0 Å². The van der Waals surface area contributed by atoms with E-state index in [0.29, 0.717) is 0 Å². The molecule has 0 atom stereocenters. The van der Waals surface area contributed by atoms with Crippen molar-refractivity contribution in [2.75, 3.05) is 13.6 Å². The van der Waals surface area contributed by atoms with Crippen molar-refractivity contribution in [3.63, 3.8) is 0 Å². The Morgan fingerprint density at radius 3 is 2.33 bits per heavy atom. The van der Waals surface area contributed by atoms with Gasteiger partial charge >= 0.3 is 12.0 Å². The monoisotopic (exact) mass is 248 g/mol. The minimum atomic E-state index is -1.00. The first kappa shape index (κ1) is 12.1. The summed E-state index contributed by atoms with van der Waals surface area (Å²) in [4.78, 5) is 36.3. The van der Waals surface area contributed by atoms with Crippen molar-refractivity contribution in [2.45, 2.75) is 6.54 Å². The Morgan fingerprint density at radius 2 is 1.89 bits per heavy atom. The van der Waals surface area contributed by atoms with Gasteiger partial charge in [0.05, 0.1) is 12.1 Å². The van der Waals surface area contributed by atoms with E-state index in [9.17, 15) is 14.4 Å². The van der Waals surface area contributed by atoms with Gasteiger partial charge in [0, 0.05) is 7.05 Å². The number of amides is 3. The van der Waals surface area contributed by atoms with Crippen LogP contribution in [0, 0.1) is 0 Å². The smallest absolute Gasteiger partial charge is 0.335 e. The summed E-state index contributed by atoms with van der Waals surface area (Å²) in [7, 11) is 1.56. The number of hydrogen-bond acceptors (Lipinski definition) is 3. The van der Waals surface area contributed by atoms with E-state index in [-0.39, 0.29) is 30.6 Å². The van der Waals surface area contributed by atoms with Crippen LogP contribution in [0.15, 0.2) is 24.3 Å². The number of hydrogen-bond donors (Lipinski definition) is 1. The van der Waals surface area contributed by atoms with Crippen LogP contribution < -0.4 is 0 Å². The molecule has 0 spiro atoms. The second-order valence-electron chi connectivity index (χ2n) is 4.12. The van der Waals surface area contributed by atoms with Gasteiger partial charge in [0.15, 0.2) is 0 Å². The molecular formula is C12H12N2O4. The Labute approximate surface area is 103 Å². The van der Waals surface area contributed by atoms with Gasteiger partial charge in [-0.3, -0.25) is 9.69 Å². The summed E-state index contributed by atoms with van der Waals surface area (Å²) in [5.41, 5.74) is 0.895. The predicted molar refractivity (Wildman–Crippen MR) is 62.0 cm³/mol. The van der Waals surface area contributed by atoms with Gasteiger partial charge in [0.1, 0.15) is 6.54 Å². The zero-order valence-electron chi connectivity index (χ0n) is 9.79. The number of rotatable bonds is 3. The molecule has 0 saturated carbocycles. The molecule has 1 fully saturated rings. The zero-order valence-corrected chi connectivity index (χ0v) is 9.79. The number of carboxylic acids is 1. The Kier molecular flexibility index (Phi) is 3.01. The van der Waals surface area contributed by atoms with Crippen LogP contribution in [0.25, 0.3) is 0 Å². The maximum absolute atomic E-state index is 11.6. The van der Waals surface area contributed by atoms with E-state index < -0.39 is 5.97 Å². The van der Waals surface area contributed by atoms with E-state index in [1.54, 1.807) is 19.2 Å². The van der Waals surface area contributed by atoms with Gasteiger partial charge in [0.25, 0.3) is 5.91 Å². The second-order valence-corrected chi connectivity index (χ2v) is 4.12. The summed E-state index contributed by atoms with van der Waals surface area (Å²) >= 11 is 0. The largest absolute Gasteiger partial charge is 0.478 e. The molecule has 2 rings (SSSR count). The average Bonchev–Trinajstić information content (AvgIpc) is 2.57. The van der Waals surface area contributed by atoms with Gasteiger partial charge in [-0.1, -0.05) is 12.1 Å². The van der Waals surface area contributed by atoms with Crippen molar-refractivity contribution in [3.8, 4) is 0 Å². The molecule has 6 nitrogen and oxygen atoms in total. The first-order chi connectivity index (χ1) is 8.49. The standard InChI is InChI=1S/C12H12N2O4/c1-13-7-10(15)14(12(13)18)6-8-2-4-9(5-3-8)11(16)17/h2-5H,6-7H2,1H3,(H,16,17). The highest BCUT2D eigenvalue weighted by Gasteiger charge is 2.33. The van der Waals surface area contributed by atoms with Crippen molar-refractivity contribution in [1.82, 2.24) is 9.80 Å². The Hall–Kier alpha value is -2.37. The Morgan fingerprint density at radius 1 is 1.28 bits per heavy atom. The summed E-state index contributed by atoms with van der Waals surface area (Å²) in [6.07, 6.45) is 0. The van der Waals surface area contributed by atoms with Crippen LogP contribution >= 0.6 is 0 Å². The molecule has 1 saturated heterocycles. The molecule has 0 aromatic heterocycles. The third kappa shape index (κ3) is 2.17. The first-order valence-electron chi connectivity index (χ1n) is 5.36. The third-order valence-corrected chi connectivity index (χ3v) is 2.77. The molecule has 1 aromatic carbocycles. The van der Waals surface area contributed by atoms with Crippen molar-refractivity contribution >= 4 is 17.9 Å². The Bertz CT molecular complexity index is 509. The zero-order chi connectivity index (χ0) is 13.3. The van der Waals surface area contributed by atoms with E-state index in [1.807, 2.05) is 0 Å². The van der Waals surface area contributed by atoms with Crippen molar-refractivity contribution < 1.29 is 19.5 Å². The van der Waals surface area contributed by atoms with Crippen LogP contribution in [-0.4, -0.2) is 46.4 Å². The third-order valence-electron chi connectivity index (χ3n) is 2.77. The number of carbonyl (C=O) groups excluding carboxylic acids is 2. The minimum absolute atomic E-state index is 0.0893. The topological polar surface area (TPSA) is 77.9 Å². The predicted octanol–water partition coefficient (Wildman–Crippen LogP) is 0.779. The van der Waals surface area contributed by atoms with Crippen LogP contribution in [0.4, 0.5) is 4.79 Å². The fourth-order valence-electron chi connectivity index (χ4n) is 1.76. The van der Waals surface area contributed by atoms with Crippen LogP contribution in [0.3, 0.4) is 0 Å². The SMILES string of the molecule is CN1CC(=O)N(Cc2ccc(C(=O)O)cc2)C1=O. The number of carboxylic acid groups (broad SMARTS) is 1. The summed E-state index contributed by atoms with van der Waals surface area (Å²) < 4.78 is 0. The highest BCUT2D eigenvalue weighted by Crippen LogP contribution is 2.13. The van der Waals surface area contributed by atoms with E-state index in [1.165, 1.54) is 17.0 Å². The number of urea groups is 1. The van der Waals surface area contributed by atoms with Gasteiger partial charge in [-0.15, -0.1) is 0 Å². The molecular weight excluding hydrogens is 236 g/mol. The molecule has 0 radical (unpaired) electrons. The van der Waals surface area contributed by atoms with E-state index in [4.69, 9.17) is 5.11 Å². The molecule has 1 aliphatic heterocycles. The molecule has 0 bridgehead atoms. The highest BCUT2D eigenvalue weighted by molar-refractivity contribution is 6.01. The summed E-state index contributed by atoms with van der Waals surface area (Å²) in [6, 6.07) is 5.77. The van der Waals surface area contributed by atoms with Crippen LogP contribution in [0.5, 0.6) is 0 Å². The molecule has 6 heteroatoms. The average molecular weight is 248 g/mol. The molecule has 1 aromatic rings. The van der Waals surface area contributed by atoms with Crippen molar-refractivity contribution in [3.05, 3.63) is 35.4 Å². The molecule has 0 unspecified atom stereocenters. The fraction of sp³-hybridized carbons (Fsp3) is 0.250. The minimum Gasteiger partial charge on any atom is -0.478 e. The van der Waals surface area contributed by atoms with Crippen LogP contribution in [0.1, 0.15) is 15.9 Å². The lowest BCUT2D eigenvalue weighted by Crippen LogP contribution is -2.31. The maximum Gasteiger partial charge on any atom is 0.335 e. The molecule has 1 N–H and O–H groups in total. The second kappa shape index (κ2) is 4.48.